The van der Waals surface area contributed by atoms with Gasteiger partial charge in [0.05, 0.1) is 11.5 Å². The van der Waals surface area contributed by atoms with Crippen molar-refractivity contribution in [2.24, 2.45) is 0 Å². The molecule has 0 bridgehead atoms. The molecule has 0 N–H and O–H groups in total. The summed E-state index contributed by atoms with van der Waals surface area (Å²) in [5, 5.41) is 11.7. The second kappa shape index (κ2) is 7.83. The van der Waals surface area contributed by atoms with E-state index in [1.165, 1.54) is 30.3 Å². The van der Waals surface area contributed by atoms with Gasteiger partial charge in [0.15, 0.2) is 0 Å². The van der Waals surface area contributed by atoms with E-state index < -0.39 is 9.84 Å². The highest BCUT2D eigenvalue weighted by Gasteiger charge is 2.22. The fourth-order valence-electron chi connectivity index (χ4n) is 2.75. The van der Waals surface area contributed by atoms with Crippen LogP contribution in [0.3, 0.4) is 0 Å². The Morgan fingerprint density at radius 2 is 1.81 bits per heavy atom. The zero-order valence-electron chi connectivity index (χ0n) is 14.5. The Morgan fingerprint density at radius 3 is 2.48 bits per heavy atom. The van der Waals surface area contributed by atoms with Crippen molar-refractivity contribution in [3.63, 3.8) is 0 Å². The lowest BCUT2D eigenvalue weighted by Crippen LogP contribution is -2.04. The molecule has 3 aromatic carbocycles. The van der Waals surface area contributed by atoms with E-state index in [-0.39, 0.29) is 9.80 Å². The van der Waals surface area contributed by atoms with Crippen LogP contribution in [-0.2, 0) is 9.84 Å². The Bertz CT molecular complexity index is 1160. The van der Waals surface area contributed by atoms with Crippen LogP contribution in [0.15, 0.2) is 70.5 Å². The molecule has 0 saturated heterocycles. The number of nitrogens with zero attached hydrogens (tertiary/aromatic N) is 1. The van der Waals surface area contributed by atoms with Gasteiger partial charge in [0.1, 0.15) is 16.7 Å². The second-order valence-electron chi connectivity index (χ2n) is 5.71. The van der Waals surface area contributed by atoms with E-state index in [9.17, 15) is 13.7 Å². The quantitative estimate of drug-likeness (QED) is 0.553. The number of ether oxygens (including phenoxy) is 1. The molecule has 0 aliphatic heterocycles. The van der Waals surface area contributed by atoms with Crippen LogP contribution in [0.4, 0.5) is 0 Å². The minimum Gasteiger partial charge on any atom is -0.493 e. The van der Waals surface area contributed by atoms with Crippen molar-refractivity contribution in [2.45, 2.75) is 11.8 Å². The van der Waals surface area contributed by atoms with Crippen LogP contribution in [0.5, 0.6) is 5.75 Å². The highest BCUT2D eigenvalue weighted by Crippen LogP contribution is 2.32. The molecule has 0 heterocycles. The summed E-state index contributed by atoms with van der Waals surface area (Å²) in [6.45, 7) is 2.27. The molecule has 0 unspecified atom stereocenters. The van der Waals surface area contributed by atoms with E-state index in [0.29, 0.717) is 22.9 Å². The van der Waals surface area contributed by atoms with E-state index in [1.807, 2.05) is 43.3 Å². The number of rotatable bonds is 5. The first kappa shape index (κ1) is 19.0. The maximum atomic E-state index is 12.9. The molecule has 0 saturated carbocycles. The maximum absolute atomic E-state index is 12.9. The van der Waals surface area contributed by atoms with Crippen LogP contribution in [0.1, 0.15) is 12.5 Å². The van der Waals surface area contributed by atoms with Gasteiger partial charge >= 0.3 is 0 Å². The van der Waals surface area contributed by atoms with Crippen LogP contribution in [0.25, 0.3) is 16.8 Å². The Hall–Kier alpha value is -2.81. The monoisotopic (exact) mass is 397 g/mol. The van der Waals surface area contributed by atoms with E-state index in [0.717, 1.165) is 10.8 Å². The number of nitriles is 1. The Morgan fingerprint density at radius 1 is 1.11 bits per heavy atom. The van der Waals surface area contributed by atoms with Gasteiger partial charge < -0.3 is 4.74 Å². The minimum atomic E-state index is -3.98. The topological polar surface area (TPSA) is 67.2 Å². The van der Waals surface area contributed by atoms with Gasteiger partial charge in [0, 0.05) is 10.6 Å². The molecule has 0 amide bonds. The summed E-state index contributed by atoms with van der Waals surface area (Å²) in [6, 6.07) is 18.8. The lowest BCUT2D eigenvalue weighted by atomic mass is 10.0. The largest absolute Gasteiger partial charge is 0.493 e. The Labute approximate surface area is 163 Å². The molecule has 0 aliphatic rings. The smallest absolute Gasteiger partial charge is 0.216 e. The first-order valence-corrected chi connectivity index (χ1v) is 10.1. The molecule has 0 fully saturated rings. The van der Waals surface area contributed by atoms with Gasteiger partial charge in [-0.05, 0) is 54.1 Å². The van der Waals surface area contributed by atoms with Crippen molar-refractivity contribution in [2.75, 3.05) is 6.61 Å². The summed E-state index contributed by atoms with van der Waals surface area (Å²) in [4.78, 5) is -0.347. The third-order valence-corrected chi connectivity index (χ3v) is 5.96. The highest BCUT2D eigenvalue weighted by molar-refractivity contribution is 7.95. The third-order valence-electron chi connectivity index (χ3n) is 4.03. The maximum Gasteiger partial charge on any atom is 0.216 e. The molecule has 0 aromatic heterocycles. The van der Waals surface area contributed by atoms with Gasteiger partial charge in [-0.3, -0.25) is 0 Å². The second-order valence-corrected chi connectivity index (χ2v) is 8.06. The lowest BCUT2D eigenvalue weighted by Gasteiger charge is -2.11. The number of halogens is 1. The van der Waals surface area contributed by atoms with E-state index in [4.69, 9.17) is 16.3 Å². The number of hydrogen-bond acceptors (Lipinski definition) is 4. The van der Waals surface area contributed by atoms with Crippen LogP contribution in [0, 0.1) is 11.3 Å². The van der Waals surface area contributed by atoms with Gasteiger partial charge in [-0.1, -0.05) is 41.9 Å². The standard InChI is InChI=1S/C21H16ClNO3S/c1-2-26-21-12-7-15-5-3-4-6-19(15)20(21)13-18(14-23)27(24,25)17-10-8-16(22)9-11-17/h3-13H,2H2,1H3. The number of benzene rings is 3. The summed E-state index contributed by atoms with van der Waals surface area (Å²) in [6.07, 6.45) is 1.37. The number of sulfone groups is 1. The first-order chi connectivity index (χ1) is 13.0. The summed E-state index contributed by atoms with van der Waals surface area (Å²) in [7, 11) is -3.98. The predicted octanol–water partition coefficient (Wildman–Crippen LogP) is 5.23. The molecule has 0 aliphatic carbocycles. The SMILES string of the molecule is CCOc1ccc2ccccc2c1C=C(C#N)S(=O)(=O)c1ccc(Cl)cc1. The summed E-state index contributed by atoms with van der Waals surface area (Å²) in [5.41, 5.74) is 0.559. The van der Waals surface area contributed by atoms with Crippen molar-refractivity contribution in [3.8, 4) is 11.8 Å². The van der Waals surface area contributed by atoms with Gasteiger partial charge in [0.2, 0.25) is 9.84 Å². The molecule has 3 rings (SSSR count). The molecule has 3 aromatic rings. The van der Waals surface area contributed by atoms with Crippen molar-refractivity contribution in [1.82, 2.24) is 0 Å². The zero-order chi connectivity index (χ0) is 19.4. The van der Waals surface area contributed by atoms with Crippen molar-refractivity contribution in [1.29, 1.82) is 5.26 Å². The average Bonchev–Trinajstić information content (AvgIpc) is 2.67. The Kier molecular flexibility index (Phi) is 5.50. The molecule has 27 heavy (non-hydrogen) atoms. The molecule has 0 spiro atoms. The highest BCUT2D eigenvalue weighted by atomic mass is 35.5. The zero-order valence-corrected chi connectivity index (χ0v) is 16.1. The van der Waals surface area contributed by atoms with Gasteiger partial charge in [-0.15, -0.1) is 0 Å². The van der Waals surface area contributed by atoms with Gasteiger partial charge in [-0.25, -0.2) is 8.42 Å². The molecule has 0 atom stereocenters. The predicted molar refractivity (Wildman–Crippen MR) is 107 cm³/mol. The average molecular weight is 398 g/mol. The van der Waals surface area contributed by atoms with E-state index >= 15 is 0 Å². The first-order valence-electron chi connectivity index (χ1n) is 8.24. The lowest BCUT2D eigenvalue weighted by molar-refractivity contribution is 0.340. The number of fused-ring (bicyclic) bond motifs is 1. The van der Waals surface area contributed by atoms with E-state index in [1.54, 1.807) is 6.07 Å². The molecule has 4 nitrogen and oxygen atoms in total. The molecule has 136 valence electrons. The molecule has 0 radical (unpaired) electrons. The van der Waals surface area contributed by atoms with Crippen LogP contribution in [-0.4, -0.2) is 15.0 Å². The third kappa shape index (κ3) is 3.82. The molecular formula is C21H16ClNO3S. The summed E-state index contributed by atoms with van der Waals surface area (Å²) in [5.74, 6) is 0.523. The van der Waals surface area contributed by atoms with Crippen molar-refractivity contribution < 1.29 is 13.2 Å². The van der Waals surface area contributed by atoms with Crippen molar-refractivity contribution >= 4 is 38.3 Å². The summed E-state index contributed by atoms with van der Waals surface area (Å²) < 4.78 is 31.5. The van der Waals surface area contributed by atoms with Crippen LogP contribution >= 0.6 is 11.6 Å². The minimum absolute atomic E-state index is 0.0119. The Balaban J connectivity index is 2.23. The fourth-order valence-corrected chi connectivity index (χ4v) is 4.02. The van der Waals surface area contributed by atoms with Gasteiger partial charge in [-0.2, -0.15) is 5.26 Å². The fraction of sp³-hybridized carbons (Fsp3) is 0.0952. The molecular weight excluding hydrogens is 382 g/mol. The molecule has 6 heteroatoms. The van der Waals surface area contributed by atoms with Crippen LogP contribution in [0.2, 0.25) is 5.02 Å². The normalized spacial score (nSPS) is 12.0. The summed E-state index contributed by atoms with van der Waals surface area (Å²) >= 11 is 5.83. The van der Waals surface area contributed by atoms with Crippen molar-refractivity contribution in [3.05, 3.63) is 76.2 Å². The number of allylic oxidation sites excluding steroid dienone is 1. The van der Waals surface area contributed by atoms with Gasteiger partial charge in [0.25, 0.3) is 0 Å². The van der Waals surface area contributed by atoms with Crippen LogP contribution < -0.4 is 4.74 Å². The number of hydrogen-bond donors (Lipinski definition) is 0. The van der Waals surface area contributed by atoms with E-state index in [2.05, 4.69) is 0 Å².